The molecule has 0 fully saturated rings. The largest absolute Gasteiger partial charge is 0.462 e. The molecule has 1 N–H and O–H groups in total. The second-order valence-corrected chi connectivity index (χ2v) is 7.37. The highest BCUT2D eigenvalue weighted by atomic mass is 32.1. The van der Waals surface area contributed by atoms with E-state index in [9.17, 15) is 14.0 Å². The number of carbonyl (C=O) groups is 2. The van der Waals surface area contributed by atoms with Crippen molar-refractivity contribution in [3.63, 3.8) is 0 Å². The molecule has 0 atom stereocenters. The van der Waals surface area contributed by atoms with Gasteiger partial charge in [0.15, 0.2) is 0 Å². The Labute approximate surface area is 155 Å². The van der Waals surface area contributed by atoms with Gasteiger partial charge < -0.3 is 15.0 Å². The number of esters is 1. The summed E-state index contributed by atoms with van der Waals surface area (Å²) in [4.78, 5) is 28.1. The van der Waals surface area contributed by atoms with Crippen LogP contribution in [0.5, 0.6) is 0 Å². The highest BCUT2D eigenvalue weighted by molar-refractivity contribution is 7.17. The second-order valence-electron chi connectivity index (χ2n) is 6.27. The smallest absolute Gasteiger partial charge is 0.341 e. The van der Waals surface area contributed by atoms with E-state index in [0.717, 1.165) is 30.0 Å². The zero-order valence-electron chi connectivity index (χ0n) is 14.8. The number of nitrogens with one attached hydrogen (secondary N) is 1. The Morgan fingerprint density at radius 1 is 1.31 bits per heavy atom. The number of benzene rings is 1. The predicted octanol–water partition coefficient (Wildman–Crippen LogP) is 3.23. The summed E-state index contributed by atoms with van der Waals surface area (Å²) in [7, 11) is 2.03. The van der Waals surface area contributed by atoms with Crippen LogP contribution in [0.25, 0.3) is 0 Å². The van der Waals surface area contributed by atoms with Crippen molar-refractivity contribution in [2.45, 2.75) is 26.3 Å². The van der Waals surface area contributed by atoms with Gasteiger partial charge in [-0.25, -0.2) is 9.18 Å². The van der Waals surface area contributed by atoms with E-state index < -0.39 is 5.97 Å². The lowest BCUT2D eigenvalue weighted by molar-refractivity contribution is -0.115. The summed E-state index contributed by atoms with van der Waals surface area (Å²) >= 11 is 1.43. The summed E-state index contributed by atoms with van der Waals surface area (Å²) in [6, 6.07) is 5.81. The summed E-state index contributed by atoms with van der Waals surface area (Å²) in [5, 5.41) is 3.39. The molecular formula is C19H21FN2O3S. The summed E-state index contributed by atoms with van der Waals surface area (Å²) in [6.07, 6.45) is 0.870. The van der Waals surface area contributed by atoms with E-state index in [0.29, 0.717) is 16.1 Å². The van der Waals surface area contributed by atoms with Gasteiger partial charge in [-0.1, -0.05) is 12.1 Å². The molecule has 0 unspecified atom stereocenters. The van der Waals surface area contributed by atoms with Crippen LogP contribution in [-0.4, -0.2) is 37.0 Å². The summed E-state index contributed by atoms with van der Waals surface area (Å²) in [5.41, 5.74) is 2.17. The maximum absolute atomic E-state index is 13.0. The van der Waals surface area contributed by atoms with Gasteiger partial charge in [0.1, 0.15) is 10.8 Å². The number of anilines is 1. The molecule has 1 aliphatic heterocycles. The number of rotatable bonds is 5. The Morgan fingerprint density at radius 3 is 2.73 bits per heavy atom. The molecule has 1 aromatic carbocycles. The maximum Gasteiger partial charge on any atom is 0.341 e. The molecule has 26 heavy (non-hydrogen) atoms. The minimum atomic E-state index is -0.397. The Hall–Kier alpha value is -2.25. The van der Waals surface area contributed by atoms with Crippen LogP contribution >= 0.6 is 11.3 Å². The molecule has 0 spiro atoms. The molecule has 138 valence electrons. The monoisotopic (exact) mass is 376 g/mol. The van der Waals surface area contributed by atoms with Gasteiger partial charge in [-0.3, -0.25) is 4.79 Å². The molecule has 2 aromatic rings. The zero-order chi connectivity index (χ0) is 18.7. The first-order valence-corrected chi connectivity index (χ1v) is 9.34. The van der Waals surface area contributed by atoms with Gasteiger partial charge in [0.25, 0.3) is 0 Å². The number of thiophene rings is 1. The summed E-state index contributed by atoms with van der Waals surface area (Å²) < 4.78 is 18.2. The van der Waals surface area contributed by atoms with Crippen LogP contribution < -0.4 is 5.32 Å². The first-order chi connectivity index (χ1) is 12.5. The van der Waals surface area contributed by atoms with Crippen LogP contribution in [0.1, 0.15) is 33.3 Å². The number of fused-ring (bicyclic) bond motifs is 1. The van der Waals surface area contributed by atoms with E-state index in [-0.39, 0.29) is 24.8 Å². The second kappa shape index (κ2) is 7.97. The Balaban J connectivity index is 1.82. The Morgan fingerprint density at radius 2 is 2.04 bits per heavy atom. The van der Waals surface area contributed by atoms with Crippen molar-refractivity contribution in [3.8, 4) is 0 Å². The van der Waals surface area contributed by atoms with Gasteiger partial charge in [0.2, 0.25) is 5.91 Å². The lowest BCUT2D eigenvalue weighted by Crippen LogP contribution is -2.26. The zero-order valence-corrected chi connectivity index (χ0v) is 15.6. The molecule has 0 radical (unpaired) electrons. The van der Waals surface area contributed by atoms with E-state index in [4.69, 9.17) is 4.74 Å². The molecule has 1 aliphatic rings. The molecule has 1 aromatic heterocycles. The van der Waals surface area contributed by atoms with Crippen molar-refractivity contribution in [1.29, 1.82) is 0 Å². The third-order valence-corrected chi connectivity index (χ3v) is 5.39. The number of carbonyl (C=O) groups excluding carboxylic acids is 2. The topological polar surface area (TPSA) is 58.6 Å². The van der Waals surface area contributed by atoms with Gasteiger partial charge in [-0.2, -0.15) is 0 Å². The van der Waals surface area contributed by atoms with Crippen LogP contribution in [0.2, 0.25) is 0 Å². The average molecular weight is 376 g/mol. The van der Waals surface area contributed by atoms with Gasteiger partial charge in [0.05, 0.1) is 18.6 Å². The van der Waals surface area contributed by atoms with Crippen LogP contribution in [0, 0.1) is 5.82 Å². The highest BCUT2D eigenvalue weighted by Gasteiger charge is 2.28. The van der Waals surface area contributed by atoms with Crippen molar-refractivity contribution >= 4 is 28.2 Å². The highest BCUT2D eigenvalue weighted by Crippen LogP contribution is 2.37. The van der Waals surface area contributed by atoms with Crippen LogP contribution in [0.15, 0.2) is 24.3 Å². The van der Waals surface area contributed by atoms with E-state index in [1.807, 2.05) is 7.05 Å². The maximum atomic E-state index is 13.0. The third-order valence-electron chi connectivity index (χ3n) is 4.26. The SMILES string of the molecule is CCOC(=O)c1c(NC(=O)Cc2ccc(F)cc2)sc2c1CCN(C)C2. The van der Waals surface area contributed by atoms with E-state index >= 15 is 0 Å². The van der Waals surface area contributed by atoms with Crippen molar-refractivity contribution in [3.05, 3.63) is 51.7 Å². The van der Waals surface area contributed by atoms with E-state index in [1.54, 1.807) is 19.1 Å². The van der Waals surface area contributed by atoms with Crippen LogP contribution in [0.4, 0.5) is 9.39 Å². The van der Waals surface area contributed by atoms with Crippen molar-refractivity contribution < 1.29 is 18.7 Å². The standard InChI is InChI=1S/C19H21FN2O3S/c1-3-25-19(24)17-14-8-9-22(2)11-15(14)26-18(17)21-16(23)10-12-4-6-13(20)7-5-12/h4-7H,3,8-11H2,1-2H3,(H,21,23). The third kappa shape index (κ3) is 4.11. The number of hydrogen-bond donors (Lipinski definition) is 1. The predicted molar refractivity (Wildman–Crippen MR) is 99.0 cm³/mol. The Bertz CT molecular complexity index is 817. The molecule has 0 saturated heterocycles. The lowest BCUT2D eigenvalue weighted by Gasteiger charge is -2.22. The van der Waals surface area contributed by atoms with Crippen molar-refractivity contribution in [2.75, 3.05) is 25.5 Å². The van der Waals surface area contributed by atoms with Gasteiger partial charge in [-0.15, -0.1) is 11.3 Å². The van der Waals surface area contributed by atoms with Crippen LogP contribution in [0.3, 0.4) is 0 Å². The average Bonchev–Trinajstić information content (AvgIpc) is 2.93. The first-order valence-electron chi connectivity index (χ1n) is 8.52. The van der Waals surface area contributed by atoms with Crippen molar-refractivity contribution in [2.24, 2.45) is 0 Å². The first kappa shape index (κ1) is 18.5. The number of amides is 1. The fourth-order valence-corrected chi connectivity index (χ4v) is 4.33. The lowest BCUT2D eigenvalue weighted by atomic mass is 10.0. The molecule has 0 aliphatic carbocycles. The molecule has 0 saturated carbocycles. The molecule has 7 heteroatoms. The number of likely N-dealkylation sites (N-methyl/N-ethyl adjacent to an activating group) is 1. The minimum absolute atomic E-state index is 0.116. The molecule has 5 nitrogen and oxygen atoms in total. The fraction of sp³-hybridized carbons (Fsp3) is 0.368. The van der Waals surface area contributed by atoms with Gasteiger partial charge in [-0.05, 0) is 43.7 Å². The minimum Gasteiger partial charge on any atom is -0.462 e. The quantitative estimate of drug-likeness (QED) is 0.814. The summed E-state index contributed by atoms with van der Waals surface area (Å²) in [5.74, 6) is -0.977. The van der Waals surface area contributed by atoms with Gasteiger partial charge in [0, 0.05) is 18.0 Å². The van der Waals surface area contributed by atoms with E-state index in [1.165, 1.54) is 23.5 Å². The molecule has 0 bridgehead atoms. The number of nitrogens with zero attached hydrogens (tertiary/aromatic N) is 1. The van der Waals surface area contributed by atoms with E-state index in [2.05, 4.69) is 10.2 Å². The molecule has 2 heterocycles. The Kier molecular flexibility index (Phi) is 5.68. The number of ether oxygens (including phenoxy) is 1. The molecule has 1 amide bonds. The van der Waals surface area contributed by atoms with Crippen molar-refractivity contribution in [1.82, 2.24) is 4.90 Å². The molecule has 3 rings (SSSR count). The van der Waals surface area contributed by atoms with Gasteiger partial charge >= 0.3 is 5.97 Å². The normalized spacial score (nSPS) is 14.0. The summed E-state index contributed by atoms with van der Waals surface area (Å²) in [6.45, 7) is 3.66. The van der Waals surface area contributed by atoms with Crippen LogP contribution in [-0.2, 0) is 28.9 Å². The number of halogens is 1. The number of hydrogen-bond acceptors (Lipinski definition) is 5. The fourth-order valence-electron chi connectivity index (χ4n) is 3.00. The molecular weight excluding hydrogens is 355 g/mol.